The summed E-state index contributed by atoms with van der Waals surface area (Å²) in [6.45, 7) is 0. The number of aliphatic hydroxyl groups excluding tert-OH is 1. The molecule has 7 heteroatoms. The molecule has 19 heavy (non-hydrogen) atoms. The molecule has 0 bridgehead atoms. The molecule has 0 aromatic heterocycles. The highest BCUT2D eigenvalue weighted by molar-refractivity contribution is 6.25. The van der Waals surface area contributed by atoms with E-state index < -0.39 is 29.7 Å². The van der Waals surface area contributed by atoms with Gasteiger partial charge in [0, 0.05) is 0 Å². The van der Waals surface area contributed by atoms with E-state index >= 15 is 0 Å². The molecular formula is C12H20BFNO4. The van der Waals surface area contributed by atoms with Crippen LogP contribution in [-0.2, 0) is 4.79 Å². The standard InChI is InChI=1S/C12H20BFNO4/c14-10-7-5-12(15,11(17)18)8(2-1-3-13-19)6(7)4-9(10)16/h6-10,16,19H,1-5,15H2,(H,17,18)/t6-,7-,8+,9-,10+,12+/m1/s1. The number of hydrogen-bond donors (Lipinski definition) is 4. The second kappa shape index (κ2) is 5.38. The highest BCUT2D eigenvalue weighted by Crippen LogP contribution is 2.54. The van der Waals surface area contributed by atoms with Gasteiger partial charge in [0.2, 0.25) is 0 Å². The first kappa shape index (κ1) is 14.7. The molecule has 0 amide bonds. The Labute approximate surface area is 112 Å². The predicted octanol–water partition coefficient (Wildman–Crippen LogP) is -0.0665. The minimum Gasteiger partial charge on any atom is -0.480 e. The number of hydrogen-bond acceptors (Lipinski definition) is 4. The maximum absolute atomic E-state index is 13.9. The van der Waals surface area contributed by atoms with Gasteiger partial charge >= 0.3 is 5.97 Å². The van der Waals surface area contributed by atoms with Gasteiger partial charge in [-0.2, -0.15) is 0 Å². The van der Waals surface area contributed by atoms with E-state index in [-0.39, 0.29) is 24.7 Å². The fraction of sp³-hybridized carbons (Fsp3) is 0.917. The molecule has 2 aliphatic carbocycles. The smallest absolute Gasteiger partial charge is 0.323 e. The zero-order chi connectivity index (χ0) is 14.2. The zero-order valence-electron chi connectivity index (χ0n) is 10.7. The number of carbonyl (C=O) groups is 1. The molecule has 0 heterocycles. The van der Waals surface area contributed by atoms with Crippen molar-refractivity contribution in [1.82, 2.24) is 0 Å². The molecule has 6 atom stereocenters. The number of aliphatic carboxylic acids is 1. The minimum absolute atomic E-state index is 0.0821. The molecule has 2 aliphatic rings. The van der Waals surface area contributed by atoms with Crippen molar-refractivity contribution < 1.29 is 24.4 Å². The van der Waals surface area contributed by atoms with Crippen LogP contribution >= 0.6 is 0 Å². The summed E-state index contributed by atoms with van der Waals surface area (Å²) in [5.74, 6) is -2.07. The summed E-state index contributed by atoms with van der Waals surface area (Å²) in [7, 11) is 1.03. The third-order valence-electron chi connectivity index (χ3n) is 4.84. The van der Waals surface area contributed by atoms with E-state index in [0.29, 0.717) is 19.2 Å². The van der Waals surface area contributed by atoms with Gasteiger partial charge in [-0.1, -0.05) is 12.7 Å². The Balaban J connectivity index is 2.16. The van der Waals surface area contributed by atoms with Crippen molar-refractivity contribution in [2.24, 2.45) is 23.5 Å². The van der Waals surface area contributed by atoms with Crippen LogP contribution in [0.15, 0.2) is 0 Å². The van der Waals surface area contributed by atoms with Gasteiger partial charge in [-0.25, -0.2) is 4.39 Å². The summed E-state index contributed by atoms with van der Waals surface area (Å²) >= 11 is 0. The lowest BCUT2D eigenvalue weighted by atomic mass is 9.77. The van der Waals surface area contributed by atoms with Crippen LogP contribution in [0.2, 0.25) is 6.32 Å². The fourth-order valence-corrected chi connectivity index (χ4v) is 3.90. The SMILES string of the molecule is N[C@@]1(C(=O)O)C[C@H]2[C@H](F)[C@H](O)C[C@H]2[C@@H]1CCC[B]O. The molecule has 0 aliphatic heterocycles. The van der Waals surface area contributed by atoms with E-state index in [4.69, 9.17) is 10.8 Å². The Morgan fingerprint density at radius 3 is 2.74 bits per heavy atom. The van der Waals surface area contributed by atoms with E-state index in [1.807, 2.05) is 0 Å². The van der Waals surface area contributed by atoms with Crippen LogP contribution in [0.25, 0.3) is 0 Å². The van der Waals surface area contributed by atoms with Crippen LogP contribution in [0.4, 0.5) is 4.39 Å². The molecular weight excluding hydrogens is 252 g/mol. The van der Waals surface area contributed by atoms with Crippen LogP contribution in [0, 0.1) is 17.8 Å². The summed E-state index contributed by atoms with van der Waals surface area (Å²) in [6.07, 6.45) is -0.401. The highest BCUT2D eigenvalue weighted by atomic mass is 19.1. The number of aliphatic hydroxyl groups is 1. The van der Waals surface area contributed by atoms with Gasteiger partial charge in [0.15, 0.2) is 0 Å². The Morgan fingerprint density at radius 1 is 1.47 bits per heavy atom. The van der Waals surface area contributed by atoms with Gasteiger partial charge in [-0.3, -0.25) is 4.79 Å². The summed E-state index contributed by atoms with van der Waals surface area (Å²) < 4.78 is 13.9. The van der Waals surface area contributed by atoms with Crippen molar-refractivity contribution in [2.45, 2.75) is 49.8 Å². The van der Waals surface area contributed by atoms with E-state index in [2.05, 4.69) is 0 Å². The van der Waals surface area contributed by atoms with Crippen molar-refractivity contribution in [2.75, 3.05) is 0 Å². The predicted molar refractivity (Wildman–Crippen MR) is 67.2 cm³/mol. The van der Waals surface area contributed by atoms with Crippen molar-refractivity contribution in [3.05, 3.63) is 0 Å². The highest BCUT2D eigenvalue weighted by Gasteiger charge is 2.61. The molecule has 0 saturated heterocycles. The maximum atomic E-state index is 13.9. The van der Waals surface area contributed by atoms with Crippen molar-refractivity contribution in [3.63, 3.8) is 0 Å². The lowest BCUT2D eigenvalue weighted by Gasteiger charge is -2.30. The van der Waals surface area contributed by atoms with Crippen LogP contribution in [-0.4, -0.2) is 46.5 Å². The topological polar surface area (TPSA) is 104 Å². The number of rotatable bonds is 5. The van der Waals surface area contributed by atoms with E-state index in [1.54, 1.807) is 0 Å². The van der Waals surface area contributed by atoms with Gasteiger partial charge in [0.1, 0.15) is 11.7 Å². The molecule has 5 nitrogen and oxygen atoms in total. The monoisotopic (exact) mass is 272 g/mol. The second-order valence-electron chi connectivity index (χ2n) is 5.84. The molecule has 5 N–H and O–H groups in total. The number of alkyl halides is 1. The summed E-state index contributed by atoms with van der Waals surface area (Å²) in [6, 6.07) is 0. The van der Waals surface area contributed by atoms with E-state index in [0.717, 1.165) is 7.48 Å². The number of nitrogens with two attached hydrogens (primary N) is 1. The Bertz CT molecular complexity index is 359. The Kier molecular flexibility index (Phi) is 4.18. The van der Waals surface area contributed by atoms with Gasteiger partial charge in [0.25, 0.3) is 7.48 Å². The number of carboxylic acid groups (broad SMARTS) is 1. The molecule has 0 aromatic rings. The molecule has 0 spiro atoms. The summed E-state index contributed by atoms with van der Waals surface area (Å²) in [5.41, 5.74) is 4.60. The third-order valence-corrected chi connectivity index (χ3v) is 4.84. The molecule has 2 fully saturated rings. The largest absolute Gasteiger partial charge is 0.480 e. The van der Waals surface area contributed by atoms with Gasteiger partial charge < -0.3 is 21.0 Å². The molecule has 1 radical (unpaired) electrons. The van der Waals surface area contributed by atoms with E-state index in [9.17, 15) is 19.4 Å². The van der Waals surface area contributed by atoms with Crippen molar-refractivity contribution in [1.29, 1.82) is 0 Å². The average Bonchev–Trinajstić information content (AvgIpc) is 2.78. The normalized spacial score (nSPS) is 45.2. The van der Waals surface area contributed by atoms with Crippen molar-refractivity contribution >= 4 is 13.5 Å². The van der Waals surface area contributed by atoms with Crippen molar-refractivity contribution in [3.8, 4) is 0 Å². The van der Waals surface area contributed by atoms with Gasteiger partial charge in [-0.15, -0.1) is 0 Å². The maximum Gasteiger partial charge on any atom is 0.323 e. The first-order chi connectivity index (χ1) is 8.91. The first-order valence-electron chi connectivity index (χ1n) is 6.72. The van der Waals surface area contributed by atoms with Crippen LogP contribution < -0.4 is 5.73 Å². The first-order valence-corrected chi connectivity index (χ1v) is 6.72. The fourth-order valence-electron chi connectivity index (χ4n) is 3.90. The Morgan fingerprint density at radius 2 is 2.16 bits per heavy atom. The molecule has 107 valence electrons. The van der Waals surface area contributed by atoms with Crippen LogP contribution in [0.3, 0.4) is 0 Å². The van der Waals surface area contributed by atoms with Crippen LogP contribution in [0.5, 0.6) is 0 Å². The van der Waals surface area contributed by atoms with E-state index in [1.165, 1.54) is 0 Å². The van der Waals surface area contributed by atoms with Gasteiger partial charge in [-0.05, 0) is 37.0 Å². The second-order valence-corrected chi connectivity index (χ2v) is 5.84. The lowest BCUT2D eigenvalue weighted by Crippen LogP contribution is -2.52. The Hall–Kier alpha value is -0.655. The number of fused-ring (bicyclic) bond motifs is 1. The average molecular weight is 272 g/mol. The molecule has 2 rings (SSSR count). The van der Waals surface area contributed by atoms with Gasteiger partial charge in [0.05, 0.1) is 6.10 Å². The number of halogens is 1. The number of carboxylic acids is 1. The minimum atomic E-state index is -1.41. The quantitative estimate of drug-likeness (QED) is 0.414. The molecule has 0 aromatic carbocycles. The lowest BCUT2D eigenvalue weighted by molar-refractivity contribution is -0.145. The summed E-state index contributed by atoms with van der Waals surface area (Å²) in [5, 5.41) is 27.6. The van der Waals surface area contributed by atoms with Crippen LogP contribution in [0.1, 0.15) is 25.7 Å². The summed E-state index contributed by atoms with van der Waals surface area (Å²) in [4.78, 5) is 11.4. The molecule has 2 saturated carbocycles. The third kappa shape index (κ3) is 2.39. The molecule has 0 unspecified atom stereocenters. The zero-order valence-corrected chi connectivity index (χ0v) is 10.7.